The van der Waals surface area contributed by atoms with Gasteiger partial charge in [-0.25, -0.2) is 4.98 Å². The molecular weight excluding hydrogens is 250 g/mol. The number of anilines is 1. The lowest BCUT2D eigenvalue weighted by molar-refractivity contribution is -0.129. The average molecular weight is 267 g/mol. The van der Waals surface area contributed by atoms with Crippen molar-refractivity contribution in [1.82, 2.24) is 9.88 Å². The number of nitrogens with one attached hydrogen (secondary N) is 1. The number of hydrogen-bond donors (Lipinski definition) is 1. The van der Waals surface area contributed by atoms with Gasteiger partial charge in [-0.15, -0.1) is 11.3 Å². The predicted molar refractivity (Wildman–Crippen MR) is 70.4 cm³/mol. The second kappa shape index (κ2) is 5.06. The van der Waals surface area contributed by atoms with E-state index in [1.165, 1.54) is 11.3 Å². The van der Waals surface area contributed by atoms with Crippen LogP contribution in [0.1, 0.15) is 25.1 Å². The molecule has 6 heteroatoms. The predicted octanol–water partition coefficient (Wildman–Crippen LogP) is 1.65. The molecule has 5 nitrogen and oxygen atoms in total. The lowest BCUT2D eigenvalue weighted by Gasteiger charge is -2.20. The Bertz CT molecular complexity index is 470. The third-order valence-corrected chi connectivity index (χ3v) is 3.83. The van der Waals surface area contributed by atoms with Crippen molar-refractivity contribution in [2.24, 2.45) is 5.92 Å². The van der Waals surface area contributed by atoms with Gasteiger partial charge in [0.25, 0.3) is 0 Å². The van der Waals surface area contributed by atoms with Gasteiger partial charge in [0.1, 0.15) is 0 Å². The molecule has 0 spiro atoms. The molecule has 1 atom stereocenters. The van der Waals surface area contributed by atoms with E-state index in [9.17, 15) is 9.59 Å². The van der Waals surface area contributed by atoms with E-state index in [0.29, 0.717) is 18.1 Å². The molecule has 2 amide bonds. The lowest BCUT2D eigenvalue weighted by Crippen LogP contribution is -2.33. The molecule has 0 aliphatic carbocycles. The maximum atomic E-state index is 12.0. The van der Waals surface area contributed by atoms with Crippen LogP contribution >= 0.6 is 11.3 Å². The smallest absolute Gasteiger partial charge is 0.231 e. The summed E-state index contributed by atoms with van der Waals surface area (Å²) in [6, 6.07) is 0.150. The summed E-state index contributed by atoms with van der Waals surface area (Å²) in [4.78, 5) is 30.6. The van der Waals surface area contributed by atoms with Crippen molar-refractivity contribution in [3.05, 3.63) is 11.1 Å². The number of likely N-dealkylation sites (tertiary alicyclic amines) is 1. The topological polar surface area (TPSA) is 62.3 Å². The zero-order chi connectivity index (χ0) is 13.3. The molecule has 1 aromatic rings. The first-order valence-electron chi connectivity index (χ1n) is 6.00. The van der Waals surface area contributed by atoms with Gasteiger partial charge in [0.05, 0.1) is 5.92 Å². The normalized spacial score (nSPS) is 19.7. The number of nitrogens with zero attached hydrogens (tertiary/aromatic N) is 2. The van der Waals surface area contributed by atoms with Crippen molar-refractivity contribution in [2.45, 2.75) is 33.2 Å². The summed E-state index contributed by atoms with van der Waals surface area (Å²) in [7, 11) is 0. The number of hydrogen-bond acceptors (Lipinski definition) is 4. The van der Waals surface area contributed by atoms with Crippen molar-refractivity contribution in [3.8, 4) is 0 Å². The largest absolute Gasteiger partial charge is 0.339 e. The van der Waals surface area contributed by atoms with Crippen LogP contribution in [0.4, 0.5) is 5.13 Å². The van der Waals surface area contributed by atoms with Gasteiger partial charge in [0.2, 0.25) is 11.8 Å². The van der Waals surface area contributed by atoms with Gasteiger partial charge in [-0.1, -0.05) is 0 Å². The molecule has 1 N–H and O–H groups in total. The molecule has 18 heavy (non-hydrogen) atoms. The third kappa shape index (κ3) is 2.69. The zero-order valence-corrected chi connectivity index (χ0v) is 11.6. The van der Waals surface area contributed by atoms with E-state index in [1.807, 2.05) is 20.8 Å². The maximum absolute atomic E-state index is 12.0. The molecule has 1 aliphatic heterocycles. The molecule has 1 fully saturated rings. The molecule has 0 saturated carbocycles. The number of amides is 2. The highest BCUT2D eigenvalue weighted by Crippen LogP contribution is 2.23. The number of carbonyl (C=O) groups excluding carboxylic acids is 2. The molecule has 0 radical (unpaired) electrons. The summed E-state index contributed by atoms with van der Waals surface area (Å²) in [6.07, 6.45) is 2.02. The minimum atomic E-state index is -0.260. The number of carbonyl (C=O) groups is 2. The van der Waals surface area contributed by atoms with E-state index in [0.717, 1.165) is 4.88 Å². The third-order valence-electron chi connectivity index (χ3n) is 3.00. The summed E-state index contributed by atoms with van der Waals surface area (Å²) in [5.74, 6) is -0.314. The fourth-order valence-corrected chi connectivity index (χ4v) is 2.69. The van der Waals surface area contributed by atoms with Crippen LogP contribution in [-0.4, -0.2) is 34.3 Å². The van der Waals surface area contributed by atoms with Crippen LogP contribution in [0.15, 0.2) is 6.20 Å². The van der Waals surface area contributed by atoms with Crippen molar-refractivity contribution in [2.75, 3.05) is 11.9 Å². The Morgan fingerprint density at radius 3 is 2.83 bits per heavy atom. The van der Waals surface area contributed by atoms with E-state index in [2.05, 4.69) is 10.3 Å². The highest BCUT2D eigenvalue weighted by atomic mass is 32.1. The van der Waals surface area contributed by atoms with Gasteiger partial charge in [-0.05, 0) is 20.8 Å². The number of aromatic nitrogens is 1. The minimum absolute atomic E-state index is 0.0560. The van der Waals surface area contributed by atoms with Gasteiger partial charge in [0, 0.05) is 30.1 Å². The van der Waals surface area contributed by atoms with Gasteiger partial charge in [-0.3, -0.25) is 9.59 Å². The molecule has 1 aromatic heterocycles. The summed E-state index contributed by atoms with van der Waals surface area (Å²) in [6.45, 7) is 6.37. The van der Waals surface area contributed by atoms with Crippen LogP contribution in [0.5, 0.6) is 0 Å². The standard InChI is InChI=1S/C12H17N3O2S/c1-7(2)15-6-9(4-10(15)16)11(17)14-12-13-5-8(3)18-12/h5,7,9H,4,6H2,1-3H3,(H,13,14,17). The Morgan fingerprint density at radius 2 is 2.33 bits per heavy atom. The summed E-state index contributed by atoms with van der Waals surface area (Å²) >= 11 is 1.44. The summed E-state index contributed by atoms with van der Waals surface area (Å²) in [5, 5.41) is 3.38. The highest BCUT2D eigenvalue weighted by molar-refractivity contribution is 7.15. The first-order valence-corrected chi connectivity index (χ1v) is 6.81. The zero-order valence-electron chi connectivity index (χ0n) is 10.8. The molecule has 0 bridgehead atoms. The lowest BCUT2D eigenvalue weighted by atomic mass is 10.1. The maximum Gasteiger partial charge on any atom is 0.231 e. The molecule has 1 unspecified atom stereocenters. The Balaban J connectivity index is 1.97. The quantitative estimate of drug-likeness (QED) is 0.905. The van der Waals surface area contributed by atoms with Gasteiger partial charge < -0.3 is 10.2 Å². The van der Waals surface area contributed by atoms with Crippen LogP contribution in [0.2, 0.25) is 0 Å². The first kappa shape index (κ1) is 13.0. The second-order valence-electron chi connectivity index (χ2n) is 4.81. The fourth-order valence-electron chi connectivity index (χ4n) is 2.03. The summed E-state index contributed by atoms with van der Waals surface area (Å²) < 4.78 is 0. The molecule has 1 aliphatic rings. The molecule has 0 aromatic carbocycles. The van der Waals surface area contributed by atoms with Crippen LogP contribution < -0.4 is 5.32 Å². The van der Waals surface area contributed by atoms with Crippen LogP contribution in [-0.2, 0) is 9.59 Å². The average Bonchev–Trinajstić information content (AvgIpc) is 2.85. The SMILES string of the molecule is Cc1cnc(NC(=O)C2CC(=O)N(C(C)C)C2)s1. The Kier molecular flexibility index (Phi) is 3.65. The molecular formula is C12H17N3O2S. The first-order chi connectivity index (χ1) is 8.47. The Hall–Kier alpha value is -1.43. The molecule has 2 heterocycles. The van der Waals surface area contributed by atoms with E-state index < -0.39 is 0 Å². The Labute approximate surface area is 110 Å². The number of aryl methyl sites for hydroxylation is 1. The molecule has 98 valence electrons. The van der Waals surface area contributed by atoms with Crippen LogP contribution in [0.25, 0.3) is 0 Å². The summed E-state index contributed by atoms with van der Waals surface area (Å²) in [5.41, 5.74) is 0. The van der Waals surface area contributed by atoms with E-state index in [1.54, 1.807) is 11.1 Å². The molecule has 1 saturated heterocycles. The number of thiazole rings is 1. The van der Waals surface area contributed by atoms with E-state index in [-0.39, 0.29) is 23.8 Å². The van der Waals surface area contributed by atoms with Crippen LogP contribution in [0, 0.1) is 12.8 Å². The van der Waals surface area contributed by atoms with Crippen molar-refractivity contribution in [3.63, 3.8) is 0 Å². The van der Waals surface area contributed by atoms with Crippen molar-refractivity contribution < 1.29 is 9.59 Å². The fraction of sp³-hybridized carbons (Fsp3) is 0.583. The highest BCUT2D eigenvalue weighted by Gasteiger charge is 2.35. The van der Waals surface area contributed by atoms with Crippen molar-refractivity contribution >= 4 is 28.3 Å². The van der Waals surface area contributed by atoms with Gasteiger partial charge in [-0.2, -0.15) is 0 Å². The number of rotatable bonds is 3. The van der Waals surface area contributed by atoms with Gasteiger partial charge in [0.15, 0.2) is 5.13 Å². The monoisotopic (exact) mass is 267 g/mol. The van der Waals surface area contributed by atoms with E-state index >= 15 is 0 Å². The minimum Gasteiger partial charge on any atom is -0.339 e. The second-order valence-corrected chi connectivity index (χ2v) is 6.04. The van der Waals surface area contributed by atoms with E-state index in [4.69, 9.17) is 0 Å². The Morgan fingerprint density at radius 1 is 1.61 bits per heavy atom. The van der Waals surface area contributed by atoms with Crippen molar-refractivity contribution in [1.29, 1.82) is 0 Å². The van der Waals surface area contributed by atoms with Gasteiger partial charge >= 0.3 is 0 Å². The van der Waals surface area contributed by atoms with Crippen LogP contribution in [0.3, 0.4) is 0 Å². The molecule has 2 rings (SSSR count).